The van der Waals surface area contributed by atoms with Gasteiger partial charge in [-0.25, -0.2) is 8.78 Å². The second-order valence-corrected chi connectivity index (χ2v) is 5.57. The van der Waals surface area contributed by atoms with Crippen molar-refractivity contribution in [1.29, 1.82) is 0 Å². The van der Waals surface area contributed by atoms with E-state index in [1.807, 2.05) is 6.92 Å². The molecule has 0 aliphatic carbocycles. The Morgan fingerprint density at radius 2 is 2.00 bits per heavy atom. The average Bonchev–Trinajstić information content (AvgIpc) is 2.40. The molecule has 1 aromatic carbocycles. The van der Waals surface area contributed by atoms with Crippen LogP contribution in [0.25, 0.3) is 0 Å². The summed E-state index contributed by atoms with van der Waals surface area (Å²) in [6.07, 6.45) is 3.33. The molecule has 4 heteroatoms. The average molecular weight is 333 g/mol. The van der Waals surface area contributed by atoms with Gasteiger partial charge in [0.1, 0.15) is 17.4 Å². The largest absolute Gasteiger partial charge is 0.299 e. The van der Waals surface area contributed by atoms with Crippen LogP contribution in [0.4, 0.5) is 8.78 Å². The summed E-state index contributed by atoms with van der Waals surface area (Å²) in [5.41, 5.74) is -0.130. The third kappa shape index (κ3) is 4.37. The summed E-state index contributed by atoms with van der Waals surface area (Å²) in [7, 11) is 0. The molecule has 0 aliphatic heterocycles. The van der Waals surface area contributed by atoms with E-state index in [0.717, 1.165) is 25.7 Å². The maximum absolute atomic E-state index is 13.8. The van der Waals surface area contributed by atoms with Crippen LogP contribution in [0.1, 0.15) is 45.1 Å². The highest BCUT2D eigenvalue weighted by atomic mass is 79.9. The van der Waals surface area contributed by atoms with E-state index in [0.29, 0.717) is 0 Å². The lowest BCUT2D eigenvalue weighted by Crippen LogP contribution is -2.18. The Balaban J connectivity index is 2.84. The zero-order chi connectivity index (χ0) is 14.4. The van der Waals surface area contributed by atoms with Gasteiger partial charge in [0.2, 0.25) is 0 Å². The number of ketones is 1. The third-order valence-electron chi connectivity index (χ3n) is 3.34. The molecule has 0 amide bonds. The molecule has 106 valence electrons. The molecule has 0 saturated heterocycles. The van der Waals surface area contributed by atoms with E-state index in [4.69, 9.17) is 0 Å². The van der Waals surface area contributed by atoms with E-state index < -0.39 is 11.6 Å². The first-order chi connectivity index (χ1) is 9.01. The minimum absolute atomic E-state index is 0.0770. The minimum Gasteiger partial charge on any atom is -0.299 e. The quantitative estimate of drug-likeness (QED) is 0.638. The standard InChI is InChI=1S/C15H19BrF2O/c1-3-5-6-10(4-2)14(19)9-11-13(17)8-7-12(16)15(11)18/h7-8,10H,3-6,9H2,1-2H3. The molecule has 1 nitrogen and oxygen atoms in total. The van der Waals surface area contributed by atoms with Crippen molar-refractivity contribution in [3.8, 4) is 0 Å². The maximum Gasteiger partial charge on any atom is 0.143 e. The van der Waals surface area contributed by atoms with Gasteiger partial charge >= 0.3 is 0 Å². The SMILES string of the molecule is CCCCC(CC)C(=O)Cc1c(F)ccc(Br)c1F. The monoisotopic (exact) mass is 332 g/mol. The van der Waals surface area contributed by atoms with Crippen molar-refractivity contribution in [2.24, 2.45) is 5.92 Å². The van der Waals surface area contributed by atoms with Gasteiger partial charge in [-0.3, -0.25) is 4.79 Å². The summed E-state index contributed by atoms with van der Waals surface area (Å²) in [5, 5.41) is 0. The van der Waals surface area contributed by atoms with Gasteiger partial charge in [0.25, 0.3) is 0 Å². The highest BCUT2D eigenvalue weighted by Crippen LogP contribution is 2.24. The van der Waals surface area contributed by atoms with Crippen LogP contribution in [-0.4, -0.2) is 5.78 Å². The summed E-state index contributed by atoms with van der Waals surface area (Å²) in [6, 6.07) is 2.50. The molecule has 1 rings (SSSR count). The van der Waals surface area contributed by atoms with Crippen LogP contribution in [0.3, 0.4) is 0 Å². The summed E-state index contributed by atoms with van der Waals surface area (Å²) >= 11 is 3.01. The van der Waals surface area contributed by atoms with Gasteiger partial charge in [0, 0.05) is 17.9 Å². The van der Waals surface area contributed by atoms with Crippen molar-refractivity contribution in [3.05, 3.63) is 33.8 Å². The topological polar surface area (TPSA) is 17.1 Å². The number of unbranched alkanes of at least 4 members (excludes halogenated alkanes) is 1. The maximum atomic E-state index is 13.8. The van der Waals surface area contributed by atoms with Crippen LogP contribution < -0.4 is 0 Å². The molecule has 1 atom stereocenters. The van der Waals surface area contributed by atoms with Crippen LogP contribution in [-0.2, 0) is 11.2 Å². The number of benzene rings is 1. The number of rotatable bonds is 7. The van der Waals surface area contributed by atoms with E-state index >= 15 is 0 Å². The number of hydrogen-bond donors (Lipinski definition) is 0. The highest BCUT2D eigenvalue weighted by molar-refractivity contribution is 9.10. The van der Waals surface area contributed by atoms with Crippen LogP contribution in [0.5, 0.6) is 0 Å². The fourth-order valence-electron chi connectivity index (χ4n) is 2.09. The van der Waals surface area contributed by atoms with Gasteiger partial charge in [0.15, 0.2) is 0 Å². The second kappa shape index (κ2) is 7.73. The zero-order valence-electron chi connectivity index (χ0n) is 11.3. The lowest BCUT2D eigenvalue weighted by atomic mass is 9.91. The van der Waals surface area contributed by atoms with Gasteiger partial charge in [0.05, 0.1) is 4.47 Å². The fourth-order valence-corrected chi connectivity index (χ4v) is 2.46. The molecule has 0 heterocycles. The molecular weight excluding hydrogens is 314 g/mol. The first kappa shape index (κ1) is 16.3. The Morgan fingerprint density at radius 1 is 1.32 bits per heavy atom. The molecule has 0 spiro atoms. The number of hydrogen-bond acceptors (Lipinski definition) is 1. The normalized spacial score (nSPS) is 12.5. The molecular formula is C15H19BrF2O. The van der Waals surface area contributed by atoms with Gasteiger partial charge in [-0.15, -0.1) is 0 Å². The number of carbonyl (C=O) groups is 1. The summed E-state index contributed by atoms with van der Waals surface area (Å²) in [4.78, 5) is 12.1. The van der Waals surface area contributed by atoms with Crippen molar-refractivity contribution in [1.82, 2.24) is 0 Å². The summed E-state index contributed by atoms with van der Waals surface area (Å²) < 4.78 is 27.6. The Hall–Kier alpha value is -0.770. The Bertz CT molecular complexity index is 446. The molecule has 0 bridgehead atoms. The number of halogens is 3. The van der Waals surface area contributed by atoms with Gasteiger partial charge < -0.3 is 0 Å². The van der Waals surface area contributed by atoms with E-state index in [2.05, 4.69) is 22.9 Å². The summed E-state index contributed by atoms with van der Waals surface area (Å²) in [6.45, 7) is 4.00. The molecule has 0 N–H and O–H groups in total. The molecule has 0 aromatic heterocycles. The van der Waals surface area contributed by atoms with Crippen molar-refractivity contribution in [2.75, 3.05) is 0 Å². The van der Waals surface area contributed by atoms with Crippen LogP contribution in [0.2, 0.25) is 0 Å². The lowest BCUT2D eigenvalue weighted by molar-refractivity contribution is -0.122. The zero-order valence-corrected chi connectivity index (χ0v) is 12.9. The van der Waals surface area contributed by atoms with Crippen molar-refractivity contribution >= 4 is 21.7 Å². The van der Waals surface area contributed by atoms with E-state index in [-0.39, 0.29) is 28.2 Å². The van der Waals surface area contributed by atoms with Crippen LogP contribution in [0, 0.1) is 17.6 Å². The van der Waals surface area contributed by atoms with Gasteiger partial charge in [-0.05, 0) is 40.9 Å². The highest BCUT2D eigenvalue weighted by Gasteiger charge is 2.21. The smallest absolute Gasteiger partial charge is 0.143 e. The van der Waals surface area contributed by atoms with Crippen molar-refractivity contribution in [3.63, 3.8) is 0 Å². The molecule has 1 unspecified atom stereocenters. The van der Waals surface area contributed by atoms with E-state index in [1.54, 1.807) is 0 Å². The van der Waals surface area contributed by atoms with Crippen LogP contribution >= 0.6 is 15.9 Å². The first-order valence-electron chi connectivity index (χ1n) is 6.66. The molecule has 1 aromatic rings. The Kier molecular flexibility index (Phi) is 6.63. The van der Waals surface area contributed by atoms with Crippen molar-refractivity contribution in [2.45, 2.75) is 46.0 Å². The minimum atomic E-state index is -0.668. The number of Topliss-reactive ketones (excluding diaryl/α,β-unsaturated/α-hetero) is 1. The van der Waals surface area contributed by atoms with Crippen molar-refractivity contribution < 1.29 is 13.6 Å². The molecule has 0 saturated carbocycles. The summed E-state index contributed by atoms with van der Waals surface area (Å²) in [5.74, 6) is -1.50. The predicted octanol–water partition coefficient (Wildman–Crippen LogP) is 5.06. The number of carbonyl (C=O) groups excluding carboxylic acids is 1. The second-order valence-electron chi connectivity index (χ2n) is 4.71. The third-order valence-corrected chi connectivity index (χ3v) is 3.96. The molecule has 0 fully saturated rings. The van der Waals surface area contributed by atoms with Gasteiger partial charge in [-0.1, -0.05) is 26.7 Å². The van der Waals surface area contributed by atoms with Gasteiger partial charge in [-0.2, -0.15) is 0 Å². The molecule has 0 radical (unpaired) electrons. The van der Waals surface area contributed by atoms with E-state index in [1.165, 1.54) is 12.1 Å². The van der Waals surface area contributed by atoms with Crippen LogP contribution in [0.15, 0.2) is 16.6 Å². The molecule has 0 aliphatic rings. The fraction of sp³-hybridized carbons (Fsp3) is 0.533. The first-order valence-corrected chi connectivity index (χ1v) is 7.45. The Labute approximate surface area is 121 Å². The lowest BCUT2D eigenvalue weighted by Gasteiger charge is -2.14. The molecule has 19 heavy (non-hydrogen) atoms. The predicted molar refractivity (Wildman–Crippen MR) is 76.1 cm³/mol. The Morgan fingerprint density at radius 3 is 2.58 bits per heavy atom. The van der Waals surface area contributed by atoms with E-state index in [9.17, 15) is 13.6 Å².